The van der Waals surface area contributed by atoms with Crippen LogP contribution in [0.5, 0.6) is 0 Å². The summed E-state index contributed by atoms with van der Waals surface area (Å²) < 4.78 is 21.4. The van der Waals surface area contributed by atoms with Crippen molar-refractivity contribution in [3.05, 3.63) is 35.9 Å². The molecule has 1 aromatic carbocycles. The molecule has 7 nitrogen and oxygen atoms in total. The molecule has 0 radical (unpaired) electrons. The van der Waals surface area contributed by atoms with Gasteiger partial charge in [0, 0.05) is 6.92 Å². The molecule has 4 N–H and O–H groups in total. The van der Waals surface area contributed by atoms with E-state index in [1.807, 2.05) is 18.2 Å². The van der Waals surface area contributed by atoms with Gasteiger partial charge in [0.1, 0.15) is 0 Å². The van der Waals surface area contributed by atoms with Gasteiger partial charge in [-0.2, -0.15) is 8.42 Å². The summed E-state index contributed by atoms with van der Waals surface area (Å²) in [6, 6.07) is 10.3. The highest BCUT2D eigenvalue weighted by Crippen LogP contribution is 1.92. The number of hydrogen-bond donors (Lipinski definition) is 3. The fourth-order valence-corrected chi connectivity index (χ4v) is 0.775. The molecule has 8 heteroatoms. The van der Waals surface area contributed by atoms with Gasteiger partial charge in [0.25, 0.3) is 5.97 Å². The lowest BCUT2D eigenvalue weighted by Crippen LogP contribution is -2.03. The first kappa shape index (κ1) is 18.2. The van der Waals surface area contributed by atoms with E-state index in [-0.39, 0.29) is 0 Å². The molecule has 0 aromatic heterocycles. The smallest absolute Gasteiger partial charge is 0.319 e. The molecule has 1 aromatic rings. The Balaban J connectivity index is 0. The number of nitrogens with one attached hydrogen (secondary N) is 1. The second kappa shape index (κ2) is 11.3. The molecular weight excluding hydrogens is 258 g/mol. The van der Waals surface area contributed by atoms with Crippen molar-refractivity contribution in [3.63, 3.8) is 0 Å². The first-order chi connectivity index (χ1) is 8.25. The maximum absolute atomic E-state index is 9.42. The minimum absolute atomic E-state index is 0.701. The number of benzene rings is 1. The molecule has 0 amide bonds. The van der Waals surface area contributed by atoms with Crippen molar-refractivity contribution < 1.29 is 18.3 Å². The third kappa shape index (κ3) is 23.5. The fourth-order valence-electron chi connectivity index (χ4n) is 0.615. The topological polar surface area (TPSA) is 134 Å². The van der Waals surface area contributed by atoms with Gasteiger partial charge in [-0.1, -0.05) is 40.3 Å². The Morgan fingerprint density at radius 1 is 1.33 bits per heavy atom. The Labute approximate surface area is 106 Å². The Hall–Kier alpha value is -2.22. The zero-order valence-electron chi connectivity index (χ0n) is 9.99. The summed E-state index contributed by atoms with van der Waals surface area (Å²) in [6.07, 6.45) is 0. The Kier molecular flexibility index (Phi) is 11.4. The van der Waals surface area contributed by atoms with Crippen LogP contribution >= 0.6 is 0 Å². The number of aryl methyl sites for hydroxylation is 1. The average molecular weight is 273 g/mol. The Bertz CT molecular complexity index is 485. The van der Waals surface area contributed by atoms with E-state index >= 15 is 0 Å². The molecule has 0 saturated heterocycles. The summed E-state index contributed by atoms with van der Waals surface area (Å²) >= 11 is 0. The number of nitrogens with zero attached hydrogens (tertiary/aromatic N) is 1. The van der Waals surface area contributed by atoms with Crippen LogP contribution in [-0.4, -0.2) is 25.5 Å². The molecule has 100 valence electrons. The van der Waals surface area contributed by atoms with Crippen LogP contribution in [-0.2, 0) is 15.3 Å². The normalized spacial score (nSPS) is 7.67. The van der Waals surface area contributed by atoms with Gasteiger partial charge in [-0.15, -0.1) is 0 Å². The molecule has 0 atom stereocenters. The van der Waals surface area contributed by atoms with Crippen LogP contribution in [0, 0.1) is 12.3 Å². The predicted molar refractivity (Wildman–Crippen MR) is 67.8 cm³/mol. The first-order valence-electron chi connectivity index (χ1n) is 4.62. The van der Waals surface area contributed by atoms with Gasteiger partial charge in [0.05, 0.1) is 0 Å². The van der Waals surface area contributed by atoms with E-state index in [1.54, 1.807) is 0 Å². The highest BCUT2D eigenvalue weighted by molar-refractivity contribution is 7.62. The van der Waals surface area contributed by atoms with Crippen molar-refractivity contribution in [3.8, 4) is 0 Å². The lowest BCUT2D eigenvalue weighted by Gasteiger charge is -1.82. The minimum Gasteiger partial charge on any atom is -0.481 e. The summed E-state index contributed by atoms with van der Waals surface area (Å²) in [7, 11) is -2.57. The largest absolute Gasteiger partial charge is 0.481 e. The van der Waals surface area contributed by atoms with Crippen LogP contribution in [0.15, 0.2) is 34.7 Å². The van der Waals surface area contributed by atoms with Crippen LogP contribution in [0.25, 0.3) is 0 Å². The Morgan fingerprint density at radius 3 is 1.83 bits per heavy atom. The summed E-state index contributed by atoms with van der Waals surface area (Å²) in [5.74, 6) is -1.53. The number of aliphatic carboxylic acids is 1. The molecule has 0 heterocycles. The van der Waals surface area contributed by atoms with E-state index in [9.17, 15) is 8.42 Å². The van der Waals surface area contributed by atoms with Crippen molar-refractivity contribution in [1.82, 2.24) is 0 Å². The fraction of sp³-hybridized carbons (Fsp3) is 0.200. The van der Waals surface area contributed by atoms with Crippen molar-refractivity contribution in [1.29, 1.82) is 5.41 Å². The van der Waals surface area contributed by atoms with Crippen LogP contribution in [0.3, 0.4) is 0 Å². The lowest BCUT2D eigenvalue weighted by molar-refractivity contribution is -0.134. The number of nitrogens with two attached hydrogens (primary N) is 1. The summed E-state index contributed by atoms with van der Waals surface area (Å²) in [6.45, 7) is 3.17. The molecule has 1 rings (SSSR count). The van der Waals surface area contributed by atoms with Crippen LogP contribution in [0.1, 0.15) is 12.5 Å². The minimum atomic E-state index is -2.57. The highest BCUT2D eigenvalue weighted by atomic mass is 32.2. The van der Waals surface area contributed by atoms with Crippen molar-refractivity contribution in [2.45, 2.75) is 13.8 Å². The summed E-state index contributed by atoms with van der Waals surface area (Å²) in [5.41, 5.74) is 5.84. The monoisotopic (exact) mass is 273 g/mol. The van der Waals surface area contributed by atoms with Gasteiger partial charge in [-0.05, 0) is 6.92 Å². The lowest BCUT2D eigenvalue weighted by atomic mass is 10.2. The molecule has 0 fully saturated rings. The van der Waals surface area contributed by atoms with E-state index < -0.39 is 22.4 Å². The number of carboxylic acids is 1. The Morgan fingerprint density at radius 2 is 1.72 bits per heavy atom. The van der Waals surface area contributed by atoms with Gasteiger partial charge in [0.2, 0.25) is 5.96 Å². The molecule has 0 aliphatic carbocycles. The third-order valence-electron chi connectivity index (χ3n) is 1.11. The molecule has 0 bridgehead atoms. The second-order valence-corrected chi connectivity index (χ2v) is 3.48. The molecule has 18 heavy (non-hydrogen) atoms. The number of guanidine groups is 1. The maximum Gasteiger partial charge on any atom is 0.319 e. The maximum atomic E-state index is 9.42. The number of hydrogen-bond acceptors (Lipinski definition) is 4. The number of rotatable bonds is 0. The van der Waals surface area contributed by atoms with E-state index in [0.29, 0.717) is 0 Å². The van der Waals surface area contributed by atoms with E-state index in [1.165, 1.54) is 5.56 Å². The molecule has 0 aliphatic heterocycles. The van der Waals surface area contributed by atoms with E-state index in [0.717, 1.165) is 6.92 Å². The average Bonchev–Trinajstić information content (AvgIpc) is 2.16. The van der Waals surface area contributed by atoms with Gasteiger partial charge in [-0.3, -0.25) is 10.2 Å². The molecule has 0 spiro atoms. The number of carbonyl (C=O) groups is 1. The van der Waals surface area contributed by atoms with Crippen molar-refractivity contribution in [2.24, 2.45) is 10.1 Å². The van der Waals surface area contributed by atoms with Gasteiger partial charge in [0.15, 0.2) is 0 Å². The first-order valence-corrected chi connectivity index (χ1v) is 5.65. The zero-order chi connectivity index (χ0) is 14.6. The summed E-state index contributed by atoms with van der Waals surface area (Å²) in [4.78, 5) is 9.00. The van der Waals surface area contributed by atoms with Crippen LogP contribution < -0.4 is 5.73 Å². The highest BCUT2D eigenvalue weighted by Gasteiger charge is 1.74. The molecule has 0 unspecified atom stereocenters. The van der Waals surface area contributed by atoms with Gasteiger partial charge < -0.3 is 10.8 Å². The van der Waals surface area contributed by atoms with E-state index in [4.69, 9.17) is 15.3 Å². The SMILES string of the molecule is CC(=O)O.Cc1ccccc1.N=C(N)N=S(=O)=O. The van der Waals surface area contributed by atoms with Crippen molar-refractivity contribution >= 4 is 22.4 Å². The van der Waals surface area contributed by atoms with Crippen molar-refractivity contribution in [2.75, 3.05) is 0 Å². The molecular formula is C10H15N3O4S. The summed E-state index contributed by atoms with van der Waals surface area (Å²) in [5, 5.41) is 13.7. The quantitative estimate of drug-likeness (QED) is 0.479. The van der Waals surface area contributed by atoms with Crippen LogP contribution in [0.2, 0.25) is 0 Å². The standard InChI is InChI=1S/C7H8.C2H4O2.CH3N3O2S/c1-7-5-3-2-4-6-7;1-2(3)4;2-1(3)4-7(5)6/h2-6H,1H3;1H3,(H,3,4);(H3,2,3). The molecule has 0 aliphatic rings. The predicted octanol–water partition coefficient (Wildman–Crippen LogP) is 1.03. The molecule has 0 saturated carbocycles. The van der Waals surface area contributed by atoms with Gasteiger partial charge in [-0.25, -0.2) is 0 Å². The van der Waals surface area contributed by atoms with Crippen LogP contribution in [0.4, 0.5) is 0 Å². The zero-order valence-corrected chi connectivity index (χ0v) is 10.8. The number of carboxylic acid groups (broad SMARTS) is 1. The second-order valence-electron chi connectivity index (χ2n) is 2.87. The van der Waals surface area contributed by atoms with E-state index in [2.05, 4.69) is 29.2 Å². The third-order valence-corrected chi connectivity index (χ3v) is 1.46. The van der Waals surface area contributed by atoms with Gasteiger partial charge >= 0.3 is 10.5 Å².